The summed E-state index contributed by atoms with van der Waals surface area (Å²) in [4.78, 5) is 0. The maximum atomic E-state index is 8.85. The molecular formula is C16H17N3O. The second-order valence-corrected chi connectivity index (χ2v) is 4.35. The number of hydrogen-bond acceptors (Lipinski definition) is 4. The number of para-hydroxylation sites is 2. The molecule has 0 heterocycles. The van der Waals surface area contributed by atoms with Gasteiger partial charge in [-0.05, 0) is 38.1 Å². The molecule has 102 valence electrons. The summed E-state index contributed by atoms with van der Waals surface area (Å²) in [7, 11) is 0. The van der Waals surface area contributed by atoms with Crippen molar-refractivity contribution in [1.29, 1.82) is 0 Å². The Hall–Kier alpha value is -2.62. The Morgan fingerprint density at radius 2 is 1.25 bits per heavy atom. The van der Waals surface area contributed by atoms with Gasteiger partial charge in [-0.2, -0.15) is 5.10 Å². The molecule has 0 amide bonds. The topological polar surface area (TPSA) is 48.2 Å². The summed E-state index contributed by atoms with van der Waals surface area (Å²) in [6.45, 7) is 3.53. The van der Waals surface area contributed by atoms with E-state index < -0.39 is 0 Å². The second-order valence-electron chi connectivity index (χ2n) is 4.35. The predicted octanol–water partition coefficient (Wildman–Crippen LogP) is 4.05. The Bertz CT molecular complexity index is 567. The molecule has 4 heteroatoms. The largest absolute Gasteiger partial charge is 0.411 e. The van der Waals surface area contributed by atoms with Gasteiger partial charge >= 0.3 is 0 Å². The standard InChI is InChI=1S/C16H17N3O/c1-13(14(2)18-20)17-19(15-9-5-3-6-10-15)16-11-7-4-8-12-16/h3-12,20H,1-2H3. The molecule has 0 unspecified atom stereocenters. The third-order valence-electron chi connectivity index (χ3n) is 2.93. The molecule has 0 radical (unpaired) electrons. The van der Waals surface area contributed by atoms with E-state index in [1.54, 1.807) is 6.92 Å². The first-order chi connectivity index (χ1) is 9.72. The Kier molecular flexibility index (Phi) is 4.50. The fourth-order valence-corrected chi connectivity index (χ4v) is 1.70. The van der Waals surface area contributed by atoms with Crippen LogP contribution in [0.3, 0.4) is 0 Å². The normalized spacial score (nSPS) is 12.3. The molecule has 0 aliphatic carbocycles. The highest BCUT2D eigenvalue weighted by molar-refractivity contribution is 6.40. The molecule has 2 aromatic rings. The molecule has 0 aliphatic heterocycles. The SMILES string of the molecule is CC(=NO)C(C)=NN(c1ccccc1)c1ccccc1. The monoisotopic (exact) mass is 267 g/mol. The van der Waals surface area contributed by atoms with Crippen LogP contribution < -0.4 is 5.01 Å². The molecule has 0 atom stereocenters. The lowest BCUT2D eigenvalue weighted by molar-refractivity contribution is 0.320. The van der Waals surface area contributed by atoms with Crippen LogP contribution >= 0.6 is 0 Å². The van der Waals surface area contributed by atoms with Crippen molar-refractivity contribution in [2.75, 3.05) is 5.01 Å². The van der Waals surface area contributed by atoms with Crippen molar-refractivity contribution < 1.29 is 5.21 Å². The van der Waals surface area contributed by atoms with Crippen molar-refractivity contribution in [3.8, 4) is 0 Å². The van der Waals surface area contributed by atoms with E-state index in [9.17, 15) is 0 Å². The first-order valence-corrected chi connectivity index (χ1v) is 6.37. The number of hydrogen-bond donors (Lipinski definition) is 1. The van der Waals surface area contributed by atoms with Crippen LogP contribution in [0.15, 0.2) is 70.9 Å². The average molecular weight is 267 g/mol. The molecule has 0 spiro atoms. The van der Waals surface area contributed by atoms with Crippen LogP contribution in [0.4, 0.5) is 11.4 Å². The second kappa shape index (κ2) is 6.52. The highest BCUT2D eigenvalue weighted by atomic mass is 16.4. The molecule has 0 aliphatic rings. The molecule has 1 N–H and O–H groups in total. The van der Waals surface area contributed by atoms with Gasteiger partial charge in [0, 0.05) is 0 Å². The van der Waals surface area contributed by atoms with E-state index in [4.69, 9.17) is 5.21 Å². The maximum Gasteiger partial charge on any atom is 0.0994 e. The lowest BCUT2D eigenvalue weighted by atomic mass is 10.2. The van der Waals surface area contributed by atoms with Crippen LogP contribution in [0.2, 0.25) is 0 Å². The zero-order valence-electron chi connectivity index (χ0n) is 11.6. The zero-order chi connectivity index (χ0) is 14.4. The van der Waals surface area contributed by atoms with E-state index in [0.29, 0.717) is 11.4 Å². The molecule has 0 aromatic heterocycles. The molecule has 0 saturated carbocycles. The minimum Gasteiger partial charge on any atom is -0.411 e. The summed E-state index contributed by atoms with van der Waals surface area (Å²) in [5, 5.41) is 18.4. The van der Waals surface area contributed by atoms with Gasteiger partial charge in [0.2, 0.25) is 0 Å². The van der Waals surface area contributed by atoms with Gasteiger partial charge in [-0.15, -0.1) is 0 Å². The highest BCUT2D eigenvalue weighted by Gasteiger charge is 2.09. The van der Waals surface area contributed by atoms with Gasteiger partial charge in [-0.1, -0.05) is 41.6 Å². The van der Waals surface area contributed by atoms with Gasteiger partial charge in [0.15, 0.2) is 0 Å². The molecule has 2 aromatic carbocycles. The van der Waals surface area contributed by atoms with Gasteiger partial charge in [0.05, 0.1) is 22.8 Å². The van der Waals surface area contributed by atoms with Crippen molar-refractivity contribution in [2.45, 2.75) is 13.8 Å². The molecule has 2 rings (SSSR count). The predicted molar refractivity (Wildman–Crippen MR) is 83.0 cm³/mol. The van der Waals surface area contributed by atoms with Crippen molar-refractivity contribution in [2.24, 2.45) is 10.3 Å². The molecule has 0 fully saturated rings. The lowest BCUT2D eigenvalue weighted by Crippen LogP contribution is -2.16. The first kappa shape index (κ1) is 13.8. The van der Waals surface area contributed by atoms with Crippen LogP contribution in [0, 0.1) is 0 Å². The lowest BCUT2D eigenvalue weighted by Gasteiger charge is -2.20. The Morgan fingerprint density at radius 1 is 0.800 bits per heavy atom. The first-order valence-electron chi connectivity index (χ1n) is 6.37. The van der Waals surface area contributed by atoms with Crippen LogP contribution in [0.5, 0.6) is 0 Å². The third-order valence-corrected chi connectivity index (χ3v) is 2.93. The van der Waals surface area contributed by atoms with Gasteiger partial charge in [-0.3, -0.25) is 0 Å². The number of anilines is 2. The van der Waals surface area contributed by atoms with Crippen molar-refractivity contribution in [3.63, 3.8) is 0 Å². The van der Waals surface area contributed by atoms with Crippen molar-refractivity contribution in [3.05, 3.63) is 60.7 Å². The van der Waals surface area contributed by atoms with Gasteiger partial charge in [0.25, 0.3) is 0 Å². The van der Waals surface area contributed by atoms with E-state index in [-0.39, 0.29) is 0 Å². The molecular weight excluding hydrogens is 250 g/mol. The molecule has 4 nitrogen and oxygen atoms in total. The Balaban J connectivity index is 2.46. The third kappa shape index (κ3) is 3.23. The van der Waals surface area contributed by atoms with Crippen LogP contribution in [0.1, 0.15) is 13.8 Å². The average Bonchev–Trinajstić information content (AvgIpc) is 2.53. The summed E-state index contributed by atoms with van der Waals surface area (Å²) in [6, 6.07) is 19.7. The van der Waals surface area contributed by atoms with E-state index in [1.807, 2.05) is 72.6 Å². The van der Waals surface area contributed by atoms with E-state index >= 15 is 0 Å². The fourth-order valence-electron chi connectivity index (χ4n) is 1.70. The van der Waals surface area contributed by atoms with Crippen LogP contribution in [0.25, 0.3) is 0 Å². The summed E-state index contributed by atoms with van der Waals surface area (Å²) in [5.74, 6) is 0. The van der Waals surface area contributed by atoms with E-state index in [2.05, 4.69) is 10.3 Å². The summed E-state index contributed by atoms with van der Waals surface area (Å²) in [6.07, 6.45) is 0. The van der Waals surface area contributed by atoms with Crippen LogP contribution in [-0.4, -0.2) is 16.6 Å². The van der Waals surface area contributed by atoms with E-state index in [1.165, 1.54) is 0 Å². The minimum atomic E-state index is 0.488. The maximum absolute atomic E-state index is 8.85. The fraction of sp³-hybridized carbons (Fsp3) is 0.125. The Labute approximate surface area is 118 Å². The Morgan fingerprint density at radius 3 is 1.65 bits per heavy atom. The van der Waals surface area contributed by atoms with Crippen molar-refractivity contribution in [1.82, 2.24) is 0 Å². The van der Waals surface area contributed by atoms with Gasteiger partial charge < -0.3 is 5.21 Å². The number of rotatable bonds is 4. The van der Waals surface area contributed by atoms with Gasteiger partial charge in [0.1, 0.15) is 0 Å². The molecule has 0 bridgehead atoms. The zero-order valence-corrected chi connectivity index (χ0v) is 11.6. The number of benzene rings is 2. The van der Waals surface area contributed by atoms with Crippen LogP contribution in [-0.2, 0) is 0 Å². The summed E-state index contributed by atoms with van der Waals surface area (Å²) < 4.78 is 0. The van der Waals surface area contributed by atoms with Crippen molar-refractivity contribution >= 4 is 22.8 Å². The highest BCUT2D eigenvalue weighted by Crippen LogP contribution is 2.25. The smallest absolute Gasteiger partial charge is 0.0994 e. The van der Waals surface area contributed by atoms with E-state index in [0.717, 1.165) is 11.4 Å². The number of oxime groups is 1. The molecule has 0 saturated heterocycles. The quantitative estimate of drug-likeness (QED) is 0.516. The summed E-state index contributed by atoms with van der Waals surface area (Å²) in [5.41, 5.74) is 3.04. The summed E-state index contributed by atoms with van der Waals surface area (Å²) >= 11 is 0. The van der Waals surface area contributed by atoms with Gasteiger partial charge in [-0.25, -0.2) is 5.01 Å². The number of hydrazone groups is 1. The minimum absolute atomic E-state index is 0.488. The molecule has 20 heavy (non-hydrogen) atoms. The number of nitrogens with zero attached hydrogens (tertiary/aromatic N) is 3.